The third-order valence-electron chi connectivity index (χ3n) is 2.51. The molecule has 2 rings (SSSR count). The lowest BCUT2D eigenvalue weighted by molar-refractivity contribution is 0.467. The number of nitrogens with zero attached hydrogens (tertiary/aromatic N) is 2. The number of aryl methyl sites for hydroxylation is 2. The summed E-state index contributed by atoms with van der Waals surface area (Å²) in [6.07, 6.45) is 0. The molecule has 0 amide bonds. The highest BCUT2D eigenvalue weighted by atomic mass is 16.3. The minimum absolute atomic E-state index is 0.323. The van der Waals surface area contributed by atoms with E-state index >= 15 is 0 Å². The average molecular weight is 226 g/mol. The fraction of sp³-hybridized carbons (Fsp3) is 0.143. The first-order chi connectivity index (χ1) is 8.16. The molecule has 0 radical (unpaired) electrons. The van der Waals surface area contributed by atoms with Crippen LogP contribution in [0.25, 0.3) is 0 Å². The van der Waals surface area contributed by atoms with Crippen molar-refractivity contribution in [2.24, 2.45) is 10.2 Å². The second kappa shape index (κ2) is 4.78. The van der Waals surface area contributed by atoms with Gasteiger partial charge < -0.3 is 5.11 Å². The Kier molecular flexibility index (Phi) is 3.19. The van der Waals surface area contributed by atoms with E-state index < -0.39 is 0 Å². The molecule has 0 saturated carbocycles. The van der Waals surface area contributed by atoms with Crippen molar-refractivity contribution in [2.45, 2.75) is 13.8 Å². The van der Waals surface area contributed by atoms with Crippen LogP contribution in [0.1, 0.15) is 11.1 Å². The van der Waals surface area contributed by atoms with Gasteiger partial charge in [0.15, 0.2) is 0 Å². The number of benzene rings is 2. The molecule has 0 aromatic heterocycles. The Morgan fingerprint density at radius 3 is 1.94 bits per heavy atom. The summed E-state index contributed by atoms with van der Waals surface area (Å²) in [5, 5.41) is 17.9. The Morgan fingerprint density at radius 2 is 1.35 bits per heavy atom. The van der Waals surface area contributed by atoms with Gasteiger partial charge in [-0.3, -0.25) is 0 Å². The van der Waals surface area contributed by atoms with Crippen LogP contribution in [0.5, 0.6) is 5.75 Å². The first-order valence-electron chi connectivity index (χ1n) is 5.44. The van der Waals surface area contributed by atoms with E-state index in [1.807, 2.05) is 56.3 Å². The number of phenols is 1. The van der Waals surface area contributed by atoms with Gasteiger partial charge in [-0.2, -0.15) is 10.2 Å². The molecule has 0 unspecified atom stereocenters. The molecule has 0 saturated heterocycles. The van der Waals surface area contributed by atoms with Gasteiger partial charge in [0, 0.05) is 0 Å². The maximum absolute atomic E-state index is 9.64. The monoisotopic (exact) mass is 226 g/mol. The summed E-state index contributed by atoms with van der Waals surface area (Å²) in [7, 11) is 0. The summed E-state index contributed by atoms with van der Waals surface area (Å²) in [5.41, 5.74) is 3.19. The largest absolute Gasteiger partial charge is 0.507 e. The van der Waals surface area contributed by atoms with Crippen molar-refractivity contribution in [1.82, 2.24) is 0 Å². The van der Waals surface area contributed by atoms with Gasteiger partial charge in [0.2, 0.25) is 0 Å². The van der Waals surface area contributed by atoms with E-state index in [0.29, 0.717) is 5.75 Å². The molecular formula is C14H14N2O. The van der Waals surface area contributed by atoms with Crippen molar-refractivity contribution < 1.29 is 5.11 Å². The molecule has 0 atom stereocenters. The van der Waals surface area contributed by atoms with Crippen LogP contribution in [-0.4, -0.2) is 5.11 Å². The first-order valence-corrected chi connectivity index (χ1v) is 5.44. The smallest absolute Gasteiger partial charge is 0.121 e. The van der Waals surface area contributed by atoms with Crippen molar-refractivity contribution in [3.63, 3.8) is 0 Å². The fourth-order valence-corrected chi connectivity index (χ4v) is 1.60. The van der Waals surface area contributed by atoms with Crippen molar-refractivity contribution in [1.29, 1.82) is 0 Å². The number of phenolic OH excluding ortho intramolecular Hbond substituents is 1. The summed E-state index contributed by atoms with van der Waals surface area (Å²) in [5.74, 6) is 0.323. The second-order valence-electron chi connectivity index (χ2n) is 3.96. The van der Waals surface area contributed by atoms with E-state index in [4.69, 9.17) is 0 Å². The summed E-state index contributed by atoms with van der Waals surface area (Å²) < 4.78 is 0. The van der Waals surface area contributed by atoms with Gasteiger partial charge in [0.25, 0.3) is 0 Å². The van der Waals surface area contributed by atoms with Crippen LogP contribution in [-0.2, 0) is 0 Å². The molecule has 2 aromatic carbocycles. The van der Waals surface area contributed by atoms with Gasteiger partial charge >= 0.3 is 0 Å². The van der Waals surface area contributed by atoms with Crippen LogP contribution < -0.4 is 0 Å². The van der Waals surface area contributed by atoms with E-state index in [1.54, 1.807) is 0 Å². The Balaban J connectivity index is 2.28. The van der Waals surface area contributed by atoms with E-state index in [0.717, 1.165) is 22.5 Å². The topological polar surface area (TPSA) is 45.0 Å². The highest BCUT2D eigenvalue weighted by Gasteiger charge is 2.02. The SMILES string of the molecule is Cc1cc(N=Nc2ccccc2)cc(C)c1O. The number of rotatable bonds is 2. The highest BCUT2D eigenvalue weighted by Crippen LogP contribution is 2.28. The standard InChI is InChI=1S/C14H14N2O/c1-10-8-13(9-11(2)14(10)17)16-15-12-6-4-3-5-7-12/h3-9,17H,1-2H3. The fourth-order valence-electron chi connectivity index (χ4n) is 1.60. The number of aromatic hydroxyl groups is 1. The lowest BCUT2D eigenvalue weighted by Crippen LogP contribution is -1.79. The minimum Gasteiger partial charge on any atom is -0.507 e. The molecule has 0 fully saturated rings. The molecule has 86 valence electrons. The molecule has 0 aliphatic carbocycles. The molecule has 3 nitrogen and oxygen atoms in total. The van der Waals surface area contributed by atoms with Crippen LogP contribution in [0.2, 0.25) is 0 Å². The van der Waals surface area contributed by atoms with E-state index in [1.165, 1.54) is 0 Å². The van der Waals surface area contributed by atoms with Crippen molar-refractivity contribution in [3.8, 4) is 5.75 Å². The van der Waals surface area contributed by atoms with E-state index in [9.17, 15) is 5.11 Å². The van der Waals surface area contributed by atoms with E-state index in [-0.39, 0.29) is 0 Å². The Hall–Kier alpha value is -2.16. The van der Waals surface area contributed by atoms with Gasteiger partial charge in [0.05, 0.1) is 11.4 Å². The Labute approximate surface area is 100 Å². The van der Waals surface area contributed by atoms with Crippen molar-refractivity contribution in [3.05, 3.63) is 53.6 Å². The number of hydrogen-bond acceptors (Lipinski definition) is 3. The molecule has 17 heavy (non-hydrogen) atoms. The van der Waals surface area contributed by atoms with Crippen LogP contribution in [0.3, 0.4) is 0 Å². The Bertz CT molecular complexity index is 524. The average Bonchev–Trinajstić information content (AvgIpc) is 2.34. The molecule has 0 aliphatic heterocycles. The van der Waals surface area contributed by atoms with Gasteiger partial charge in [-0.1, -0.05) is 18.2 Å². The third kappa shape index (κ3) is 2.69. The maximum atomic E-state index is 9.64. The number of azo groups is 1. The normalized spacial score (nSPS) is 10.9. The molecule has 2 aromatic rings. The zero-order chi connectivity index (χ0) is 12.3. The zero-order valence-electron chi connectivity index (χ0n) is 9.88. The summed E-state index contributed by atoms with van der Waals surface area (Å²) in [4.78, 5) is 0. The van der Waals surface area contributed by atoms with Gasteiger partial charge in [0.1, 0.15) is 5.75 Å². The van der Waals surface area contributed by atoms with Crippen molar-refractivity contribution in [2.75, 3.05) is 0 Å². The van der Waals surface area contributed by atoms with E-state index in [2.05, 4.69) is 10.2 Å². The van der Waals surface area contributed by atoms with Gasteiger partial charge in [-0.05, 0) is 49.2 Å². The summed E-state index contributed by atoms with van der Waals surface area (Å²) in [6.45, 7) is 3.70. The zero-order valence-corrected chi connectivity index (χ0v) is 9.88. The Morgan fingerprint density at radius 1 is 0.824 bits per heavy atom. The lowest BCUT2D eigenvalue weighted by atomic mass is 10.1. The first kappa shape index (κ1) is 11.3. The molecular weight excluding hydrogens is 212 g/mol. The second-order valence-corrected chi connectivity index (χ2v) is 3.96. The van der Waals surface area contributed by atoms with Crippen molar-refractivity contribution >= 4 is 11.4 Å². The molecule has 0 bridgehead atoms. The number of hydrogen-bond donors (Lipinski definition) is 1. The van der Waals surface area contributed by atoms with Crippen LogP contribution in [0.15, 0.2) is 52.7 Å². The molecule has 0 heterocycles. The highest BCUT2D eigenvalue weighted by molar-refractivity contribution is 5.51. The van der Waals surface area contributed by atoms with Crippen LogP contribution in [0.4, 0.5) is 11.4 Å². The maximum Gasteiger partial charge on any atom is 0.121 e. The van der Waals surface area contributed by atoms with Crippen LogP contribution in [0, 0.1) is 13.8 Å². The summed E-state index contributed by atoms with van der Waals surface area (Å²) in [6, 6.07) is 13.2. The lowest BCUT2D eigenvalue weighted by Gasteiger charge is -2.03. The molecule has 0 spiro atoms. The molecule has 1 N–H and O–H groups in total. The van der Waals surface area contributed by atoms with Crippen LogP contribution >= 0.6 is 0 Å². The summed E-state index contributed by atoms with van der Waals surface area (Å²) >= 11 is 0. The van der Waals surface area contributed by atoms with Gasteiger partial charge in [-0.25, -0.2) is 0 Å². The minimum atomic E-state index is 0.323. The molecule has 3 heteroatoms. The van der Waals surface area contributed by atoms with Gasteiger partial charge in [-0.15, -0.1) is 0 Å². The predicted octanol–water partition coefficient (Wildman–Crippen LogP) is 4.42. The predicted molar refractivity (Wildman–Crippen MR) is 68.2 cm³/mol. The quantitative estimate of drug-likeness (QED) is 0.756. The molecule has 0 aliphatic rings. The third-order valence-corrected chi connectivity index (χ3v) is 2.51.